The maximum atomic E-state index is 6.40. The van der Waals surface area contributed by atoms with Crippen molar-refractivity contribution in [2.24, 2.45) is 7.05 Å². The molecule has 4 nitrogen and oxygen atoms in total. The van der Waals surface area contributed by atoms with Gasteiger partial charge in [0, 0.05) is 12.6 Å². The second kappa shape index (κ2) is 7.43. The molecule has 0 spiro atoms. The first kappa shape index (κ1) is 17.5. The first-order valence-corrected chi connectivity index (χ1v) is 7.90. The Hall–Kier alpha value is -0.580. The summed E-state index contributed by atoms with van der Waals surface area (Å²) in [5.41, 5.74) is 1.12. The molecule has 1 aromatic rings. The fourth-order valence-corrected chi connectivity index (χ4v) is 3.40. The molecule has 1 N–H and O–H groups in total. The predicted octanol–water partition coefficient (Wildman–Crippen LogP) is 3.23. The number of rotatable bonds is 8. The van der Waals surface area contributed by atoms with Gasteiger partial charge in [-0.15, -0.1) is 0 Å². The molecule has 0 saturated carbocycles. The number of nitrogens with one attached hydrogen (secondary N) is 1. The number of aromatic nitrogens is 2. The third-order valence-electron chi connectivity index (χ3n) is 4.46. The van der Waals surface area contributed by atoms with Gasteiger partial charge in [0.2, 0.25) is 0 Å². The number of hydrogen-bond acceptors (Lipinski definition) is 3. The van der Waals surface area contributed by atoms with E-state index in [1.807, 2.05) is 11.7 Å². The van der Waals surface area contributed by atoms with Crippen molar-refractivity contribution in [3.05, 3.63) is 16.9 Å². The van der Waals surface area contributed by atoms with Crippen LogP contribution in [-0.4, -0.2) is 40.9 Å². The van der Waals surface area contributed by atoms with Crippen molar-refractivity contribution in [2.45, 2.75) is 51.6 Å². The van der Waals surface area contributed by atoms with Gasteiger partial charge in [-0.1, -0.05) is 32.4 Å². The van der Waals surface area contributed by atoms with Crippen molar-refractivity contribution in [3.63, 3.8) is 0 Å². The molecular weight excluding hydrogens is 272 g/mol. The number of hydrogen-bond donors (Lipinski definition) is 1. The molecule has 0 bridgehead atoms. The minimum absolute atomic E-state index is 0.0343. The van der Waals surface area contributed by atoms with Crippen LogP contribution in [0.4, 0.5) is 0 Å². The lowest BCUT2D eigenvalue weighted by Crippen LogP contribution is -2.53. The summed E-state index contributed by atoms with van der Waals surface area (Å²) < 4.78 is 1.90. The Kier molecular flexibility index (Phi) is 6.49. The van der Waals surface area contributed by atoms with Crippen LogP contribution in [0.15, 0.2) is 6.20 Å². The number of aryl methyl sites for hydroxylation is 1. The fraction of sp³-hybridized carbons (Fsp3) is 0.800. The summed E-state index contributed by atoms with van der Waals surface area (Å²) in [5, 5.41) is 8.75. The van der Waals surface area contributed by atoms with E-state index in [0.29, 0.717) is 0 Å². The second-order valence-corrected chi connectivity index (χ2v) is 6.00. The van der Waals surface area contributed by atoms with Gasteiger partial charge in [0.05, 0.1) is 23.0 Å². The Morgan fingerprint density at radius 2 is 1.95 bits per heavy atom. The Morgan fingerprint density at radius 3 is 2.30 bits per heavy atom. The van der Waals surface area contributed by atoms with Crippen LogP contribution in [0.5, 0.6) is 0 Å². The quantitative estimate of drug-likeness (QED) is 0.800. The minimum atomic E-state index is 0.0343. The SMILES string of the molecule is CCCNC(c1c(Cl)cnn1C)C(CC)(CC)N(C)C. The van der Waals surface area contributed by atoms with Crippen LogP contribution in [0.1, 0.15) is 51.8 Å². The first-order valence-electron chi connectivity index (χ1n) is 7.52. The van der Waals surface area contributed by atoms with Gasteiger partial charge < -0.3 is 10.2 Å². The van der Waals surface area contributed by atoms with E-state index in [4.69, 9.17) is 11.6 Å². The highest BCUT2D eigenvalue weighted by atomic mass is 35.5. The molecule has 0 fully saturated rings. The maximum absolute atomic E-state index is 6.40. The largest absolute Gasteiger partial charge is 0.307 e. The molecule has 0 amide bonds. The highest BCUT2D eigenvalue weighted by Crippen LogP contribution is 2.38. The van der Waals surface area contributed by atoms with Crippen LogP contribution in [0.2, 0.25) is 5.02 Å². The zero-order valence-electron chi connectivity index (χ0n) is 13.7. The average Bonchev–Trinajstić information content (AvgIpc) is 2.74. The summed E-state index contributed by atoms with van der Waals surface area (Å²) in [6.45, 7) is 7.65. The summed E-state index contributed by atoms with van der Waals surface area (Å²) in [4.78, 5) is 2.32. The van der Waals surface area contributed by atoms with Gasteiger partial charge in [0.25, 0.3) is 0 Å². The molecule has 0 aliphatic carbocycles. The van der Waals surface area contributed by atoms with E-state index in [1.165, 1.54) is 0 Å². The summed E-state index contributed by atoms with van der Waals surface area (Å²) in [5.74, 6) is 0. The van der Waals surface area contributed by atoms with E-state index < -0.39 is 0 Å². The normalized spacial score (nSPS) is 14.0. The van der Waals surface area contributed by atoms with Crippen LogP contribution < -0.4 is 5.32 Å². The van der Waals surface area contributed by atoms with Crippen LogP contribution in [-0.2, 0) is 7.05 Å². The van der Waals surface area contributed by atoms with E-state index in [2.05, 4.69) is 50.2 Å². The molecule has 0 aliphatic heterocycles. The summed E-state index contributed by atoms with van der Waals surface area (Å²) >= 11 is 6.40. The lowest BCUT2D eigenvalue weighted by Gasteiger charge is -2.45. The molecule has 1 aromatic heterocycles. The number of likely N-dealkylation sites (N-methyl/N-ethyl adjacent to an activating group) is 1. The average molecular weight is 301 g/mol. The highest BCUT2D eigenvalue weighted by Gasteiger charge is 2.40. The van der Waals surface area contributed by atoms with Crippen LogP contribution in [0.3, 0.4) is 0 Å². The van der Waals surface area contributed by atoms with Gasteiger partial charge in [-0.2, -0.15) is 5.10 Å². The first-order chi connectivity index (χ1) is 9.44. The van der Waals surface area contributed by atoms with E-state index in [1.54, 1.807) is 6.20 Å². The minimum Gasteiger partial charge on any atom is -0.307 e. The topological polar surface area (TPSA) is 33.1 Å². The third kappa shape index (κ3) is 3.18. The third-order valence-corrected chi connectivity index (χ3v) is 4.75. The van der Waals surface area contributed by atoms with Crippen molar-refractivity contribution in [1.82, 2.24) is 20.0 Å². The van der Waals surface area contributed by atoms with Crippen molar-refractivity contribution < 1.29 is 0 Å². The molecule has 5 heteroatoms. The standard InChI is InChI=1S/C15H29ClN4/c1-7-10-17-14(13-12(16)11-18-20(13)6)15(8-2,9-3)19(4)5/h11,14,17H,7-10H2,1-6H3. The maximum Gasteiger partial charge on any atom is 0.0834 e. The predicted molar refractivity (Wildman–Crippen MR) is 86.3 cm³/mol. The summed E-state index contributed by atoms with van der Waals surface area (Å²) in [7, 11) is 6.27. The molecule has 0 aliphatic rings. The molecule has 20 heavy (non-hydrogen) atoms. The molecule has 1 heterocycles. The number of nitrogens with zero attached hydrogens (tertiary/aromatic N) is 3. The van der Waals surface area contributed by atoms with Gasteiger partial charge in [-0.05, 0) is 39.9 Å². The van der Waals surface area contributed by atoms with Crippen LogP contribution >= 0.6 is 11.6 Å². The molecule has 1 atom stereocenters. The molecule has 0 aromatic carbocycles. The summed E-state index contributed by atoms with van der Waals surface area (Å²) in [6, 6.07) is 0.174. The fourth-order valence-electron chi connectivity index (χ4n) is 3.12. The van der Waals surface area contributed by atoms with Gasteiger partial charge in [-0.3, -0.25) is 4.68 Å². The molecule has 116 valence electrons. The van der Waals surface area contributed by atoms with E-state index in [9.17, 15) is 0 Å². The van der Waals surface area contributed by atoms with Crippen molar-refractivity contribution in [2.75, 3.05) is 20.6 Å². The van der Waals surface area contributed by atoms with Crippen LogP contribution in [0, 0.1) is 0 Å². The zero-order chi connectivity index (χ0) is 15.3. The lowest BCUT2D eigenvalue weighted by atomic mass is 9.81. The van der Waals surface area contributed by atoms with Crippen molar-refractivity contribution in [1.29, 1.82) is 0 Å². The molecular formula is C15H29ClN4. The van der Waals surface area contributed by atoms with Crippen LogP contribution in [0.25, 0.3) is 0 Å². The molecule has 0 saturated heterocycles. The van der Waals surface area contributed by atoms with E-state index >= 15 is 0 Å². The Balaban J connectivity index is 3.30. The molecule has 1 rings (SSSR count). The number of halogens is 1. The van der Waals surface area contributed by atoms with Gasteiger partial charge >= 0.3 is 0 Å². The Labute approximate surface area is 128 Å². The molecule has 0 radical (unpaired) electrons. The monoisotopic (exact) mass is 300 g/mol. The van der Waals surface area contributed by atoms with Crippen molar-refractivity contribution in [3.8, 4) is 0 Å². The Morgan fingerprint density at radius 1 is 1.35 bits per heavy atom. The van der Waals surface area contributed by atoms with E-state index in [0.717, 1.165) is 36.5 Å². The smallest absolute Gasteiger partial charge is 0.0834 e. The van der Waals surface area contributed by atoms with E-state index in [-0.39, 0.29) is 11.6 Å². The highest BCUT2D eigenvalue weighted by molar-refractivity contribution is 6.31. The lowest BCUT2D eigenvalue weighted by molar-refractivity contribution is 0.0845. The summed E-state index contributed by atoms with van der Waals surface area (Å²) in [6.07, 6.45) is 4.95. The molecule has 1 unspecified atom stereocenters. The Bertz CT molecular complexity index is 391. The second-order valence-electron chi connectivity index (χ2n) is 5.59. The van der Waals surface area contributed by atoms with Gasteiger partial charge in [-0.25, -0.2) is 0 Å². The van der Waals surface area contributed by atoms with Crippen molar-refractivity contribution >= 4 is 11.6 Å². The zero-order valence-corrected chi connectivity index (χ0v) is 14.5. The van der Waals surface area contributed by atoms with Gasteiger partial charge in [0.1, 0.15) is 0 Å². The van der Waals surface area contributed by atoms with Gasteiger partial charge in [0.15, 0.2) is 0 Å².